The highest BCUT2D eigenvalue weighted by Gasteiger charge is 2.62. The molecule has 0 unspecified atom stereocenters. The van der Waals surface area contributed by atoms with Gasteiger partial charge in [0, 0.05) is 12.8 Å². The minimum absolute atomic E-state index is 0.0388. The van der Waals surface area contributed by atoms with Gasteiger partial charge in [0.05, 0.1) is 13.2 Å². The summed E-state index contributed by atoms with van der Waals surface area (Å²) in [6, 6.07) is 27.7. The number of aliphatic hydroxyl groups is 2. The minimum atomic E-state index is -2.30. The minimum Gasteiger partial charge on any atom is -0.363 e. The first-order chi connectivity index (χ1) is 18.7. The molecule has 2 amide bonds. The standard InChI is InChI=1S/C31H36N2O6/c1-24(2)18-30(36)28(34)33(23-39-21-27-16-10-5-11-17-27)31(37,19-25-12-6-3-7-13-25)29(35)32(30)22-38-20-26-14-8-4-9-15-26/h3-17,24,36-37H,18-23H2,1-2H3/t30-,31-/m1/s1. The van der Waals surface area contributed by atoms with Gasteiger partial charge in [0.1, 0.15) is 13.5 Å². The second kappa shape index (κ2) is 12.5. The second-order valence-corrected chi connectivity index (χ2v) is 10.3. The molecular formula is C31H36N2O6. The fourth-order valence-corrected chi connectivity index (χ4v) is 4.81. The van der Waals surface area contributed by atoms with Gasteiger partial charge in [-0.15, -0.1) is 0 Å². The summed E-state index contributed by atoms with van der Waals surface area (Å²) in [6.45, 7) is 3.25. The van der Waals surface area contributed by atoms with Gasteiger partial charge in [-0.05, 0) is 22.6 Å². The Labute approximate surface area is 229 Å². The molecule has 2 atom stereocenters. The molecule has 8 nitrogen and oxygen atoms in total. The quantitative estimate of drug-likeness (QED) is 0.369. The highest BCUT2D eigenvalue weighted by molar-refractivity contribution is 6.00. The monoisotopic (exact) mass is 532 g/mol. The van der Waals surface area contributed by atoms with Crippen molar-refractivity contribution in [1.29, 1.82) is 0 Å². The third kappa shape index (κ3) is 6.54. The Kier molecular flexibility index (Phi) is 9.14. The lowest BCUT2D eigenvalue weighted by atomic mass is 9.89. The summed E-state index contributed by atoms with van der Waals surface area (Å²) in [6.07, 6.45) is -0.219. The predicted octanol–water partition coefficient (Wildman–Crippen LogP) is 3.67. The van der Waals surface area contributed by atoms with Gasteiger partial charge >= 0.3 is 0 Å². The molecule has 0 bridgehead atoms. The van der Waals surface area contributed by atoms with Crippen LogP contribution in [0.25, 0.3) is 0 Å². The number of benzene rings is 3. The van der Waals surface area contributed by atoms with Crippen LogP contribution in [-0.2, 0) is 38.7 Å². The van der Waals surface area contributed by atoms with E-state index in [-0.39, 0.29) is 45.4 Å². The van der Waals surface area contributed by atoms with Crippen molar-refractivity contribution in [3.8, 4) is 0 Å². The molecule has 3 aromatic rings. The Morgan fingerprint density at radius 3 is 1.46 bits per heavy atom. The molecule has 1 heterocycles. The van der Waals surface area contributed by atoms with E-state index >= 15 is 0 Å². The SMILES string of the molecule is CC(C)C[C@@]1(O)C(=O)N(COCc2ccccc2)[C@@](O)(Cc2ccccc2)C(=O)N1COCc1ccccc1. The third-order valence-corrected chi connectivity index (χ3v) is 6.72. The molecule has 0 saturated carbocycles. The molecule has 1 aliphatic rings. The smallest absolute Gasteiger partial charge is 0.280 e. The van der Waals surface area contributed by atoms with Crippen molar-refractivity contribution >= 4 is 11.8 Å². The topological polar surface area (TPSA) is 99.5 Å². The van der Waals surface area contributed by atoms with E-state index in [2.05, 4.69) is 0 Å². The highest BCUT2D eigenvalue weighted by Crippen LogP contribution is 2.36. The molecule has 8 heteroatoms. The lowest BCUT2D eigenvalue weighted by molar-refractivity contribution is -0.255. The number of hydrogen-bond acceptors (Lipinski definition) is 6. The Hall–Kier alpha value is -3.56. The Morgan fingerprint density at radius 2 is 1.03 bits per heavy atom. The van der Waals surface area contributed by atoms with Gasteiger partial charge < -0.3 is 19.7 Å². The van der Waals surface area contributed by atoms with Crippen molar-refractivity contribution in [2.45, 2.75) is 51.4 Å². The molecule has 0 aliphatic carbocycles. The zero-order valence-corrected chi connectivity index (χ0v) is 22.4. The molecule has 0 spiro atoms. The van der Waals surface area contributed by atoms with Crippen LogP contribution in [-0.4, -0.2) is 56.7 Å². The predicted molar refractivity (Wildman–Crippen MR) is 145 cm³/mol. The van der Waals surface area contributed by atoms with E-state index in [0.29, 0.717) is 5.56 Å². The fraction of sp³-hybridized carbons (Fsp3) is 0.355. The average molecular weight is 533 g/mol. The summed E-state index contributed by atoms with van der Waals surface area (Å²) in [5.74, 6) is -1.79. The maximum Gasteiger partial charge on any atom is 0.280 e. The average Bonchev–Trinajstić information content (AvgIpc) is 2.93. The van der Waals surface area contributed by atoms with Gasteiger partial charge in [-0.25, -0.2) is 0 Å². The second-order valence-electron chi connectivity index (χ2n) is 10.3. The molecule has 0 aromatic heterocycles. The van der Waals surface area contributed by atoms with Crippen LogP contribution < -0.4 is 0 Å². The Morgan fingerprint density at radius 1 is 0.641 bits per heavy atom. The zero-order chi connectivity index (χ0) is 27.9. The normalized spacial score (nSPS) is 21.6. The van der Waals surface area contributed by atoms with Gasteiger partial charge in [0.2, 0.25) is 11.4 Å². The zero-order valence-electron chi connectivity index (χ0n) is 22.4. The van der Waals surface area contributed by atoms with Gasteiger partial charge in [0.25, 0.3) is 11.8 Å². The number of piperazine rings is 1. The van der Waals surface area contributed by atoms with E-state index in [1.807, 2.05) is 80.6 Å². The first-order valence-electron chi connectivity index (χ1n) is 13.1. The van der Waals surface area contributed by atoms with E-state index in [1.165, 1.54) is 0 Å². The Balaban J connectivity index is 1.64. The molecular weight excluding hydrogens is 496 g/mol. The van der Waals surface area contributed by atoms with Crippen molar-refractivity contribution in [1.82, 2.24) is 9.80 Å². The van der Waals surface area contributed by atoms with Gasteiger partial charge in [-0.2, -0.15) is 0 Å². The summed E-state index contributed by atoms with van der Waals surface area (Å²) in [5.41, 5.74) is -2.13. The molecule has 4 rings (SSSR count). The van der Waals surface area contributed by atoms with Crippen molar-refractivity contribution in [3.63, 3.8) is 0 Å². The molecule has 0 radical (unpaired) electrons. The van der Waals surface area contributed by atoms with E-state index in [9.17, 15) is 19.8 Å². The van der Waals surface area contributed by atoms with E-state index in [1.54, 1.807) is 24.3 Å². The summed E-state index contributed by atoms with van der Waals surface area (Å²) >= 11 is 0. The van der Waals surface area contributed by atoms with Crippen LogP contribution in [0.1, 0.15) is 37.0 Å². The molecule has 1 saturated heterocycles. The maximum atomic E-state index is 14.1. The van der Waals surface area contributed by atoms with Gasteiger partial charge in [-0.1, -0.05) is 105 Å². The van der Waals surface area contributed by atoms with E-state index in [0.717, 1.165) is 20.9 Å². The van der Waals surface area contributed by atoms with Crippen LogP contribution in [0.4, 0.5) is 0 Å². The summed E-state index contributed by atoms with van der Waals surface area (Å²) < 4.78 is 11.6. The number of carbonyl (C=O) groups is 2. The highest BCUT2D eigenvalue weighted by atomic mass is 16.5. The van der Waals surface area contributed by atoms with Crippen molar-refractivity contribution < 1.29 is 29.3 Å². The summed E-state index contributed by atoms with van der Waals surface area (Å²) in [4.78, 5) is 30.0. The van der Waals surface area contributed by atoms with Gasteiger partial charge in [-0.3, -0.25) is 19.4 Å². The Bertz CT molecular complexity index is 1220. The van der Waals surface area contributed by atoms with Gasteiger partial charge in [0.15, 0.2) is 0 Å². The van der Waals surface area contributed by atoms with Crippen molar-refractivity contribution in [2.24, 2.45) is 5.92 Å². The molecule has 2 N–H and O–H groups in total. The van der Waals surface area contributed by atoms with Crippen LogP contribution in [0.15, 0.2) is 91.0 Å². The lowest BCUT2D eigenvalue weighted by Crippen LogP contribution is -2.78. The van der Waals surface area contributed by atoms with E-state index in [4.69, 9.17) is 9.47 Å². The molecule has 206 valence electrons. The largest absolute Gasteiger partial charge is 0.363 e. The lowest BCUT2D eigenvalue weighted by Gasteiger charge is -2.53. The first kappa shape index (κ1) is 28.4. The van der Waals surface area contributed by atoms with Crippen LogP contribution >= 0.6 is 0 Å². The summed E-state index contributed by atoms with van der Waals surface area (Å²) in [5, 5.41) is 23.7. The molecule has 1 fully saturated rings. The van der Waals surface area contributed by atoms with Crippen LogP contribution in [0.3, 0.4) is 0 Å². The first-order valence-corrected chi connectivity index (χ1v) is 13.1. The third-order valence-electron chi connectivity index (χ3n) is 6.72. The summed E-state index contributed by atoms with van der Waals surface area (Å²) in [7, 11) is 0. The van der Waals surface area contributed by atoms with Crippen LogP contribution in [0.2, 0.25) is 0 Å². The van der Waals surface area contributed by atoms with Crippen molar-refractivity contribution in [2.75, 3.05) is 13.5 Å². The number of hydrogen-bond donors (Lipinski definition) is 2. The van der Waals surface area contributed by atoms with Crippen LogP contribution in [0, 0.1) is 5.92 Å². The number of ether oxygens (including phenoxy) is 2. The molecule has 1 aliphatic heterocycles. The van der Waals surface area contributed by atoms with Crippen LogP contribution in [0.5, 0.6) is 0 Å². The number of carbonyl (C=O) groups excluding carboxylic acids is 2. The number of nitrogens with zero attached hydrogens (tertiary/aromatic N) is 2. The van der Waals surface area contributed by atoms with Crippen molar-refractivity contribution in [3.05, 3.63) is 108 Å². The maximum absolute atomic E-state index is 14.1. The number of amides is 2. The molecule has 39 heavy (non-hydrogen) atoms. The fourth-order valence-electron chi connectivity index (χ4n) is 4.81. The number of rotatable bonds is 12. The molecule has 3 aromatic carbocycles. The van der Waals surface area contributed by atoms with E-state index < -0.39 is 23.3 Å².